The fourth-order valence-corrected chi connectivity index (χ4v) is 4.48. The van der Waals surface area contributed by atoms with E-state index in [1.807, 2.05) is 20.2 Å². The average Bonchev–Trinajstić information content (AvgIpc) is 2.92. The number of rotatable bonds is 5. The molecule has 2 aromatic rings. The van der Waals surface area contributed by atoms with E-state index >= 15 is 0 Å². The molecule has 26 heavy (non-hydrogen) atoms. The molecule has 1 fully saturated rings. The Bertz CT molecular complexity index is 899. The van der Waals surface area contributed by atoms with E-state index in [-0.39, 0.29) is 10.6 Å². The highest BCUT2D eigenvalue weighted by atomic mass is 32.2. The number of aryl methyl sites for hydroxylation is 2. The van der Waals surface area contributed by atoms with E-state index in [4.69, 9.17) is 0 Å². The lowest BCUT2D eigenvalue weighted by atomic mass is 10.2. The highest BCUT2D eigenvalue weighted by molar-refractivity contribution is 7.89. The van der Waals surface area contributed by atoms with Gasteiger partial charge >= 0.3 is 0 Å². The molecule has 0 bridgehead atoms. The number of nitro groups is 1. The van der Waals surface area contributed by atoms with Gasteiger partial charge in [0, 0.05) is 63.7 Å². The van der Waals surface area contributed by atoms with Crippen molar-refractivity contribution in [2.45, 2.75) is 18.4 Å². The van der Waals surface area contributed by atoms with Crippen LogP contribution in [0.15, 0.2) is 35.4 Å². The van der Waals surface area contributed by atoms with Crippen LogP contribution >= 0.6 is 0 Å². The average molecular weight is 379 g/mol. The van der Waals surface area contributed by atoms with Gasteiger partial charge in [-0.25, -0.2) is 8.42 Å². The minimum Gasteiger partial charge on any atom is -0.296 e. The Morgan fingerprint density at radius 3 is 2.27 bits per heavy atom. The third-order valence-corrected chi connectivity index (χ3v) is 6.44. The topological polar surface area (TPSA) is 102 Å². The van der Waals surface area contributed by atoms with Crippen molar-refractivity contribution in [2.24, 2.45) is 7.05 Å². The SMILES string of the molecule is Cc1nn(C)cc1CN1CCN(S(=O)(=O)c2ccc([N+](=O)[O-])cc2)CC1. The molecule has 0 atom stereocenters. The molecular weight excluding hydrogens is 358 g/mol. The Morgan fingerprint density at radius 1 is 1.15 bits per heavy atom. The normalized spacial score (nSPS) is 16.7. The molecule has 0 radical (unpaired) electrons. The van der Waals surface area contributed by atoms with Crippen molar-refractivity contribution in [2.75, 3.05) is 26.2 Å². The molecule has 0 spiro atoms. The number of aromatic nitrogens is 2. The number of nitrogens with zero attached hydrogens (tertiary/aromatic N) is 5. The van der Waals surface area contributed by atoms with Crippen LogP contribution in [0.1, 0.15) is 11.3 Å². The van der Waals surface area contributed by atoms with E-state index in [1.54, 1.807) is 4.68 Å². The molecule has 1 aromatic heterocycles. The summed E-state index contributed by atoms with van der Waals surface area (Å²) in [6.07, 6.45) is 1.98. The van der Waals surface area contributed by atoms with E-state index < -0.39 is 14.9 Å². The molecule has 1 saturated heterocycles. The van der Waals surface area contributed by atoms with Crippen LogP contribution in [0, 0.1) is 17.0 Å². The van der Waals surface area contributed by atoms with E-state index in [2.05, 4.69) is 10.00 Å². The fraction of sp³-hybridized carbons (Fsp3) is 0.438. The summed E-state index contributed by atoms with van der Waals surface area (Å²) in [5.41, 5.74) is 1.99. The van der Waals surface area contributed by atoms with Gasteiger partial charge in [-0.1, -0.05) is 0 Å². The van der Waals surface area contributed by atoms with Crippen LogP contribution in [0.4, 0.5) is 5.69 Å². The number of hydrogen-bond acceptors (Lipinski definition) is 6. The lowest BCUT2D eigenvalue weighted by Crippen LogP contribution is -2.48. The van der Waals surface area contributed by atoms with Gasteiger partial charge in [-0.3, -0.25) is 19.7 Å². The Hall–Kier alpha value is -2.30. The third-order valence-electron chi connectivity index (χ3n) is 4.53. The number of benzene rings is 1. The first kappa shape index (κ1) is 18.5. The molecule has 0 unspecified atom stereocenters. The molecule has 1 aromatic carbocycles. The quantitative estimate of drug-likeness (QED) is 0.570. The monoisotopic (exact) mass is 379 g/mol. The Kier molecular flexibility index (Phi) is 5.08. The van der Waals surface area contributed by atoms with Gasteiger partial charge < -0.3 is 0 Å². The first-order valence-electron chi connectivity index (χ1n) is 8.23. The fourth-order valence-electron chi connectivity index (χ4n) is 3.06. The summed E-state index contributed by atoms with van der Waals surface area (Å²) in [6, 6.07) is 5.01. The molecule has 9 nitrogen and oxygen atoms in total. The van der Waals surface area contributed by atoms with Crippen molar-refractivity contribution < 1.29 is 13.3 Å². The number of piperazine rings is 1. The lowest BCUT2D eigenvalue weighted by molar-refractivity contribution is -0.384. The predicted molar refractivity (Wildman–Crippen MR) is 95.1 cm³/mol. The van der Waals surface area contributed by atoms with Gasteiger partial charge in [0.25, 0.3) is 5.69 Å². The van der Waals surface area contributed by atoms with E-state index in [0.717, 1.165) is 17.8 Å². The van der Waals surface area contributed by atoms with E-state index in [1.165, 1.54) is 28.6 Å². The van der Waals surface area contributed by atoms with Gasteiger partial charge in [0.05, 0.1) is 15.5 Å². The summed E-state index contributed by atoms with van der Waals surface area (Å²) in [5.74, 6) is 0. The Balaban J connectivity index is 1.64. The van der Waals surface area contributed by atoms with Crippen molar-refractivity contribution in [3.8, 4) is 0 Å². The Morgan fingerprint density at radius 2 is 1.77 bits per heavy atom. The van der Waals surface area contributed by atoms with Gasteiger partial charge in [-0.05, 0) is 19.1 Å². The van der Waals surface area contributed by atoms with Gasteiger partial charge in [0.15, 0.2) is 0 Å². The third kappa shape index (κ3) is 3.76. The smallest absolute Gasteiger partial charge is 0.269 e. The minimum atomic E-state index is -3.64. The van der Waals surface area contributed by atoms with E-state index in [9.17, 15) is 18.5 Å². The molecule has 1 aliphatic rings. The van der Waals surface area contributed by atoms with Crippen molar-refractivity contribution in [1.82, 2.24) is 19.0 Å². The summed E-state index contributed by atoms with van der Waals surface area (Å²) in [4.78, 5) is 12.4. The van der Waals surface area contributed by atoms with Gasteiger partial charge in [-0.2, -0.15) is 9.40 Å². The maximum Gasteiger partial charge on any atom is 0.269 e. The molecule has 0 N–H and O–H groups in total. The van der Waals surface area contributed by atoms with Crippen LogP contribution < -0.4 is 0 Å². The second-order valence-electron chi connectivity index (χ2n) is 6.34. The first-order chi connectivity index (χ1) is 12.3. The van der Waals surface area contributed by atoms with E-state index in [0.29, 0.717) is 26.2 Å². The zero-order valence-electron chi connectivity index (χ0n) is 14.7. The minimum absolute atomic E-state index is 0.0830. The number of nitro benzene ring substituents is 1. The summed E-state index contributed by atoms with van der Waals surface area (Å²) in [7, 11) is -1.76. The largest absolute Gasteiger partial charge is 0.296 e. The van der Waals surface area contributed by atoms with Gasteiger partial charge in [0.1, 0.15) is 0 Å². The summed E-state index contributed by atoms with van der Waals surface area (Å²) in [6.45, 7) is 4.73. The molecule has 0 saturated carbocycles. The lowest BCUT2D eigenvalue weighted by Gasteiger charge is -2.33. The van der Waals surface area contributed by atoms with Crippen molar-refractivity contribution >= 4 is 15.7 Å². The molecular formula is C16H21N5O4S. The molecule has 10 heteroatoms. The van der Waals surface area contributed by atoms with Crippen molar-refractivity contribution in [3.63, 3.8) is 0 Å². The number of non-ortho nitro benzene ring substituents is 1. The zero-order chi connectivity index (χ0) is 18.9. The molecule has 140 valence electrons. The van der Waals surface area contributed by atoms with Crippen LogP contribution in [0.2, 0.25) is 0 Å². The van der Waals surface area contributed by atoms with Gasteiger partial charge in [0.2, 0.25) is 10.0 Å². The second kappa shape index (κ2) is 7.14. The predicted octanol–water partition coefficient (Wildman–Crippen LogP) is 1.14. The highest BCUT2D eigenvalue weighted by Gasteiger charge is 2.29. The summed E-state index contributed by atoms with van der Waals surface area (Å²) in [5, 5.41) is 15.0. The molecule has 2 heterocycles. The van der Waals surface area contributed by atoms with Crippen LogP contribution in [-0.2, 0) is 23.6 Å². The zero-order valence-corrected chi connectivity index (χ0v) is 15.5. The van der Waals surface area contributed by atoms with Gasteiger partial charge in [-0.15, -0.1) is 0 Å². The first-order valence-corrected chi connectivity index (χ1v) is 9.67. The number of sulfonamides is 1. The molecule has 1 aliphatic heterocycles. The molecule has 0 amide bonds. The van der Waals surface area contributed by atoms with Crippen LogP contribution in [0.25, 0.3) is 0 Å². The molecule has 0 aliphatic carbocycles. The van der Waals surface area contributed by atoms with Crippen molar-refractivity contribution in [1.29, 1.82) is 0 Å². The highest BCUT2D eigenvalue weighted by Crippen LogP contribution is 2.21. The summed E-state index contributed by atoms with van der Waals surface area (Å²) >= 11 is 0. The molecule has 3 rings (SSSR count). The second-order valence-corrected chi connectivity index (χ2v) is 8.28. The van der Waals surface area contributed by atoms with Crippen LogP contribution in [0.3, 0.4) is 0 Å². The van der Waals surface area contributed by atoms with Crippen LogP contribution in [0.5, 0.6) is 0 Å². The Labute approximate surface area is 152 Å². The maximum atomic E-state index is 12.7. The standard InChI is InChI=1S/C16H21N5O4S/c1-13-14(11-18(2)17-13)12-19-7-9-20(10-8-19)26(24,25)16-5-3-15(4-6-16)21(22)23/h3-6,11H,7-10,12H2,1-2H3. The summed E-state index contributed by atoms with van der Waals surface area (Å²) < 4.78 is 28.6. The van der Waals surface area contributed by atoms with Crippen LogP contribution in [-0.4, -0.2) is 58.5 Å². The van der Waals surface area contributed by atoms with Crippen molar-refractivity contribution in [3.05, 3.63) is 51.8 Å². The number of hydrogen-bond donors (Lipinski definition) is 0. The maximum absolute atomic E-state index is 12.7.